The van der Waals surface area contributed by atoms with Crippen LogP contribution in [-0.2, 0) is 0 Å². The molecule has 1 heterocycles. The van der Waals surface area contributed by atoms with Crippen LogP contribution < -0.4 is 5.32 Å². The van der Waals surface area contributed by atoms with Gasteiger partial charge in [0.2, 0.25) is 5.82 Å². The van der Waals surface area contributed by atoms with E-state index in [0.29, 0.717) is 5.56 Å². The van der Waals surface area contributed by atoms with Gasteiger partial charge in [0.05, 0.1) is 5.56 Å². The van der Waals surface area contributed by atoms with Crippen molar-refractivity contribution >= 4 is 12.0 Å². The van der Waals surface area contributed by atoms with Crippen molar-refractivity contribution < 1.29 is 23.6 Å². The van der Waals surface area contributed by atoms with Crippen molar-refractivity contribution in [2.24, 2.45) is 0 Å². The minimum absolute atomic E-state index is 0.00323. The van der Waals surface area contributed by atoms with Crippen molar-refractivity contribution in [1.29, 1.82) is 0 Å². The zero-order valence-corrected chi connectivity index (χ0v) is 12.1. The van der Waals surface area contributed by atoms with Gasteiger partial charge in [-0.3, -0.25) is 10.1 Å². The van der Waals surface area contributed by atoms with Gasteiger partial charge in [0.25, 0.3) is 11.8 Å². The van der Waals surface area contributed by atoms with Gasteiger partial charge < -0.3 is 9.63 Å². The monoisotopic (exact) mass is 327 g/mol. The maximum absolute atomic E-state index is 13.7. The van der Waals surface area contributed by atoms with Crippen LogP contribution in [0.4, 0.5) is 9.18 Å². The summed E-state index contributed by atoms with van der Waals surface area (Å²) in [5.41, 5.74) is 0.711. The molecule has 0 aliphatic rings. The second-order valence-electron chi connectivity index (χ2n) is 4.74. The summed E-state index contributed by atoms with van der Waals surface area (Å²) in [5, 5.41) is 14.1. The lowest BCUT2D eigenvalue weighted by Crippen LogP contribution is -2.28. The highest BCUT2D eigenvalue weighted by Crippen LogP contribution is 2.24. The number of rotatable bonds is 3. The molecule has 7 nitrogen and oxygen atoms in total. The number of halogens is 1. The maximum atomic E-state index is 13.7. The summed E-state index contributed by atoms with van der Waals surface area (Å²) in [5.74, 6) is -1.12. The first-order valence-corrected chi connectivity index (χ1v) is 6.78. The molecule has 0 aliphatic carbocycles. The fourth-order valence-corrected chi connectivity index (χ4v) is 2.05. The fourth-order valence-electron chi connectivity index (χ4n) is 2.05. The molecule has 2 N–H and O–H groups in total. The zero-order chi connectivity index (χ0) is 17.1. The number of hydrogen-bond donors (Lipinski definition) is 2. The zero-order valence-electron chi connectivity index (χ0n) is 12.1. The Kier molecular flexibility index (Phi) is 4.02. The highest BCUT2D eigenvalue weighted by molar-refractivity contribution is 6.02. The molecular formula is C16H10FN3O4. The van der Waals surface area contributed by atoms with Crippen molar-refractivity contribution in [3.05, 3.63) is 59.9 Å². The molecule has 0 fully saturated rings. The molecule has 0 unspecified atom stereocenters. The Hall–Kier alpha value is -3.55. The third-order valence-electron chi connectivity index (χ3n) is 3.13. The Morgan fingerprint density at radius 3 is 2.67 bits per heavy atom. The molecule has 1 aromatic heterocycles. The molecule has 120 valence electrons. The first kappa shape index (κ1) is 15.3. The van der Waals surface area contributed by atoms with E-state index >= 15 is 0 Å². The standard InChI is InChI=1S/C16H10FN3O4/c17-12-7-2-1-6-11(12)15-18-13(20-24-15)9-4-3-5-10(8-9)14(21)19-16(22)23/h1-8H,(H,19,21)(H,22,23). The molecule has 0 atom stereocenters. The fraction of sp³-hybridized carbons (Fsp3) is 0. The molecular weight excluding hydrogens is 317 g/mol. The van der Waals surface area contributed by atoms with E-state index in [1.807, 2.05) is 0 Å². The summed E-state index contributed by atoms with van der Waals surface area (Å²) in [7, 11) is 0. The molecule has 0 saturated heterocycles. The minimum Gasteiger partial charge on any atom is -0.465 e. The molecule has 0 bridgehead atoms. The molecule has 0 aliphatic heterocycles. The lowest BCUT2D eigenvalue weighted by molar-refractivity contribution is 0.0948. The van der Waals surface area contributed by atoms with Gasteiger partial charge >= 0.3 is 6.09 Å². The van der Waals surface area contributed by atoms with Crippen LogP contribution in [0.15, 0.2) is 53.1 Å². The van der Waals surface area contributed by atoms with Gasteiger partial charge in [-0.15, -0.1) is 0 Å². The predicted octanol–water partition coefficient (Wildman–Crippen LogP) is 2.95. The van der Waals surface area contributed by atoms with Crippen LogP contribution in [0, 0.1) is 5.82 Å². The van der Waals surface area contributed by atoms with Crippen LogP contribution in [0.3, 0.4) is 0 Å². The van der Waals surface area contributed by atoms with E-state index in [9.17, 15) is 14.0 Å². The highest BCUT2D eigenvalue weighted by atomic mass is 19.1. The van der Waals surface area contributed by atoms with E-state index in [1.165, 1.54) is 24.3 Å². The second-order valence-corrected chi connectivity index (χ2v) is 4.74. The number of benzene rings is 2. The minimum atomic E-state index is -1.45. The quantitative estimate of drug-likeness (QED) is 0.766. The van der Waals surface area contributed by atoms with Gasteiger partial charge in [0.1, 0.15) is 5.82 Å². The third kappa shape index (κ3) is 3.12. The number of carbonyl (C=O) groups is 2. The average Bonchev–Trinajstić information content (AvgIpc) is 3.04. The van der Waals surface area contributed by atoms with E-state index < -0.39 is 17.8 Å². The third-order valence-corrected chi connectivity index (χ3v) is 3.13. The molecule has 0 radical (unpaired) electrons. The summed E-state index contributed by atoms with van der Waals surface area (Å²) in [6, 6.07) is 12.0. The van der Waals surface area contributed by atoms with Crippen LogP contribution in [0.5, 0.6) is 0 Å². The number of nitrogens with one attached hydrogen (secondary N) is 1. The number of nitrogens with zero attached hydrogens (tertiary/aromatic N) is 2. The van der Waals surface area contributed by atoms with Gasteiger partial charge in [0, 0.05) is 11.1 Å². The van der Waals surface area contributed by atoms with Crippen LogP contribution in [0.25, 0.3) is 22.8 Å². The van der Waals surface area contributed by atoms with Crippen LogP contribution in [-0.4, -0.2) is 27.2 Å². The van der Waals surface area contributed by atoms with Crippen LogP contribution >= 0.6 is 0 Å². The van der Waals surface area contributed by atoms with E-state index in [0.717, 1.165) is 0 Å². The summed E-state index contributed by atoms with van der Waals surface area (Å²) in [6.45, 7) is 0. The van der Waals surface area contributed by atoms with Crippen molar-refractivity contribution in [3.63, 3.8) is 0 Å². The topological polar surface area (TPSA) is 105 Å². The Morgan fingerprint density at radius 1 is 1.12 bits per heavy atom. The molecule has 3 rings (SSSR count). The van der Waals surface area contributed by atoms with Gasteiger partial charge in [0.15, 0.2) is 0 Å². The van der Waals surface area contributed by atoms with Gasteiger partial charge in [-0.2, -0.15) is 4.98 Å². The summed E-state index contributed by atoms with van der Waals surface area (Å²) < 4.78 is 18.8. The SMILES string of the molecule is O=C(O)NC(=O)c1cccc(-c2noc(-c3ccccc3F)n2)c1. The molecule has 8 heteroatoms. The number of amides is 2. The Balaban J connectivity index is 1.92. The van der Waals surface area contributed by atoms with Gasteiger partial charge in [-0.05, 0) is 24.3 Å². The molecule has 2 amide bonds. The van der Waals surface area contributed by atoms with E-state index in [4.69, 9.17) is 9.63 Å². The molecule has 0 saturated carbocycles. The van der Waals surface area contributed by atoms with Crippen molar-refractivity contribution in [2.75, 3.05) is 0 Å². The van der Waals surface area contributed by atoms with Crippen molar-refractivity contribution in [2.45, 2.75) is 0 Å². The lowest BCUT2D eigenvalue weighted by Gasteiger charge is -2.01. The second kappa shape index (κ2) is 6.29. The number of aromatic nitrogens is 2. The van der Waals surface area contributed by atoms with E-state index in [1.54, 1.807) is 29.6 Å². The Bertz CT molecular complexity index is 923. The summed E-state index contributed by atoms with van der Waals surface area (Å²) in [4.78, 5) is 26.3. The summed E-state index contributed by atoms with van der Waals surface area (Å²) in [6.07, 6.45) is -1.45. The average molecular weight is 327 g/mol. The molecule has 0 spiro atoms. The summed E-state index contributed by atoms with van der Waals surface area (Å²) >= 11 is 0. The van der Waals surface area contributed by atoms with Gasteiger partial charge in [-0.1, -0.05) is 29.4 Å². The van der Waals surface area contributed by atoms with Crippen molar-refractivity contribution in [1.82, 2.24) is 15.5 Å². The van der Waals surface area contributed by atoms with E-state index in [2.05, 4.69) is 10.1 Å². The smallest absolute Gasteiger partial charge is 0.411 e. The predicted molar refractivity (Wildman–Crippen MR) is 80.6 cm³/mol. The number of imide groups is 1. The highest BCUT2D eigenvalue weighted by Gasteiger charge is 2.15. The van der Waals surface area contributed by atoms with Crippen molar-refractivity contribution in [3.8, 4) is 22.8 Å². The normalized spacial score (nSPS) is 10.4. The molecule has 2 aromatic carbocycles. The molecule has 3 aromatic rings. The largest absolute Gasteiger partial charge is 0.465 e. The maximum Gasteiger partial charge on any atom is 0.411 e. The Labute approximate surface area is 134 Å². The first-order chi connectivity index (χ1) is 11.5. The number of carboxylic acid groups (broad SMARTS) is 1. The van der Waals surface area contributed by atoms with Gasteiger partial charge in [-0.25, -0.2) is 9.18 Å². The van der Waals surface area contributed by atoms with Crippen LogP contribution in [0.1, 0.15) is 10.4 Å². The molecule has 24 heavy (non-hydrogen) atoms. The van der Waals surface area contributed by atoms with Crippen LogP contribution in [0.2, 0.25) is 0 Å². The lowest BCUT2D eigenvalue weighted by atomic mass is 10.1. The Morgan fingerprint density at radius 2 is 1.92 bits per heavy atom. The van der Waals surface area contributed by atoms with E-state index in [-0.39, 0.29) is 22.8 Å². The first-order valence-electron chi connectivity index (χ1n) is 6.78. The number of carbonyl (C=O) groups excluding carboxylic acids is 1. The number of hydrogen-bond acceptors (Lipinski definition) is 5.